The number of piperidine rings is 1. The van der Waals surface area contributed by atoms with E-state index in [1.54, 1.807) is 4.90 Å². The van der Waals surface area contributed by atoms with Gasteiger partial charge in [-0.05, 0) is 31.0 Å². The zero-order valence-electron chi connectivity index (χ0n) is 16.7. The number of aromatic carboxylic acids is 1. The van der Waals surface area contributed by atoms with Gasteiger partial charge in [0, 0.05) is 31.4 Å². The highest BCUT2D eigenvalue weighted by Gasteiger charge is 2.27. The van der Waals surface area contributed by atoms with Gasteiger partial charge in [0.1, 0.15) is 23.0 Å². The number of nitrogens with zero attached hydrogens (tertiary/aromatic N) is 2. The van der Waals surface area contributed by atoms with Crippen LogP contribution in [0.2, 0.25) is 0 Å². The summed E-state index contributed by atoms with van der Waals surface area (Å²) in [5.74, 6) is -1.87. The Morgan fingerprint density at radius 1 is 1.22 bits per heavy atom. The summed E-state index contributed by atoms with van der Waals surface area (Å²) < 4.78 is 44.5. The van der Waals surface area contributed by atoms with E-state index >= 15 is 4.39 Å². The summed E-state index contributed by atoms with van der Waals surface area (Å²) >= 11 is 0. The lowest BCUT2D eigenvalue weighted by molar-refractivity contribution is 0.0695. The third-order valence-electron chi connectivity index (χ3n) is 5.53. The lowest BCUT2D eigenvalue weighted by Crippen LogP contribution is -2.43. The quantitative estimate of drug-likeness (QED) is 0.610. The Hall–Kier alpha value is -3.77. The molecule has 1 aliphatic heterocycles. The molecule has 2 heterocycles. The zero-order chi connectivity index (χ0) is 23.2. The molecule has 0 aliphatic carbocycles. The number of rotatable bonds is 3. The number of terminal acetylenes is 1. The van der Waals surface area contributed by atoms with E-state index in [1.807, 2.05) is 0 Å². The molecule has 0 spiro atoms. The van der Waals surface area contributed by atoms with Crippen LogP contribution in [-0.4, -0.2) is 34.8 Å². The first-order valence-corrected chi connectivity index (χ1v) is 9.80. The average molecular weight is 441 g/mol. The van der Waals surface area contributed by atoms with Gasteiger partial charge in [-0.25, -0.2) is 18.0 Å². The van der Waals surface area contributed by atoms with Crippen molar-refractivity contribution >= 4 is 22.6 Å². The van der Waals surface area contributed by atoms with Crippen LogP contribution in [0.1, 0.15) is 28.8 Å². The van der Waals surface area contributed by atoms with Crippen LogP contribution in [0, 0.1) is 29.8 Å². The van der Waals surface area contributed by atoms with Crippen LogP contribution in [0.15, 0.2) is 35.3 Å². The Bertz CT molecular complexity index is 1360. The maximum Gasteiger partial charge on any atom is 0.341 e. The lowest BCUT2D eigenvalue weighted by atomic mass is 10.00. The van der Waals surface area contributed by atoms with Crippen molar-refractivity contribution < 1.29 is 23.1 Å². The first-order chi connectivity index (χ1) is 15.2. The molecule has 3 aromatic rings. The molecule has 1 saturated heterocycles. The van der Waals surface area contributed by atoms with Gasteiger partial charge in [-0.2, -0.15) is 0 Å². The fourth-order valence-corrected chi connectivity index (χ4v) is 4.13. The zero-order valence-corrected chi connectivity index (χ0v) is 16.7. The fourth-order valence-electron chi connectivity index (χ4n) is 4.13. The van der Waals surface area contributed by atoms with Crippen LogP contribution in [0.25, 0.3) is 16.6 Å². The molecule has 1 atom stereocenters. The standard InChI is InChI=1S/C23H18F3N3O3/c1-2-14-20-15(9-18(26)21(14)28-7-3-4-13(27)10-28)22(30)16(23(31)32)11-29(20)19-6-5-12(24)8-17(19)25/h1,5-6,8-9,11,13H,3-4,7,10,27H2,(H,31,32). The highest BCUT2D eigenvalue weighted by atomic mass is 19.1. The molecule has 0 radical (unpaired) electrons. The van der Waals surface area contributed by atoms with E-state index in [-0.39, 0.29) is 33.9 Å². The third kappa shape index (κ3) is 3.48. The molecule has 0 amide bonds. The van der Waals surface area contributed by atoms with Crippen molar-refractivity contribution in [3.8, 4) is 18.0 Å². The summed E-state index contributed by atoms with van der Waals surface area (Å²) in [7, 11) is 0. The SMILES string of the molecule is C#Cc1c(N2CCCC(N)C2)c(F)cc2c(=O)c(C(=O)O)cn(-c3ccc(F)cc3F)c12. The molecule has 4 rings (SSSR count). The lowest BCUT2D eigenvalue weighted by Gasteiger charge is -2.34. The number of fused-ring (bicyclic) bond motifs is 1. The number of nitrogens with two attached hydrogens (primary N) is 1. The van der Waals surface area contributed by atoms with Crippen molar-refractivity contribution in [2.24, 2.45) is 5.73 Å². The normalized spacial score (nSPS) is 16.2. The number of halogens is 3. The Labute approximate surface area is 180 Å². The van der Waals surface area contributed by atoms with E-state index in [2.05, 4.69) is 5.92 Å². The van der Waals surface area contributed by atoms with Crippen molar-refractivity contribution in [2.75, 3.05) is 18.0 Å². The van der Waals surface area contributed by atoms with Gasteiger partial charge in [0.25, 0.3) is 0 Å². The van der Waals surface area contributed by atoms with Crippen LogP contribution in [0.4, 0.5) is 18.9 Å². The topological polar surface area (TPSA) is 88.6 Å². The van der Waals surface area contributed by atoms with Crippen molar-refractivity contribution in [1.29, 1.82) is 0 Å². The molecule has 1 unspecified atom stereocenters. The summed E-state index contributed by atoms with van der Waals surface area (Å²) in [6.07, 6.45) is 8.08. The number of anilines is 1. The van der Waals surface area contributed by atoms with Crippen LogP contribution < -0.4 is 16.1 Å². The summed E-state index contributed by atoms with van der Waals surface area (Å²) in [5, 5.41) is 9.14. The molecular weight excluding hydrogens is 423 g/mol. The minimum atomic E-state index is -1.58. The molecule has 0 saturated carbocycles. The van der Waals surface area contributed by atoms with Crippen molar-refractivity contribution in [2.45, 2.75) is 18.9 Å². The second-order valence-corrected chi connectivity index (χ2v) is 7.61. The van der Waals surface area contributed by atoms with Gasteiger partial charge in [-0.15, -0.1) is 6.42 Å². The second-order valence-electron chi connectivity index (χ2n) is 7.61. The van der Waals surface area contributed by atoms with Gasteiger partial charge >= 0.3 is 5.97 Å². The average Bonchev–Trinajstić information content (AvgIpc) is 2.73. The van der Waals surface area contributed by atoms with E-state index in [0.29, 0.717) is 25.6 Å². The fraction of sp³-hybridized carbons (Fsp3) is 0.217. The van der Waals surface area contributed by atoms with Crippen molar-refractivity contribution in [3.63, 3.8) is 0 Å². The minimum Gasteiger partial charge on any atom is -0.477 e. The van der Waals surface area contributed by atoms with Crippen LogP contribution >= 0.6 is 0 Å². The maximum atomic E-state index is 15.3. The predicted molar refractivity (Wildman–Crippen MR) is 114 cm³/mol. The molecule has 1 aromatic heterocycles. The third-order valence-corrected chi connectivity index (χ3v) is 5.53. The maximum absolute atomic E-state index is 15.3. The predicted octanol–water partition coefficient (Wildman–Crippen LogP) is 3.02. The number of aromatic nitrogens is 1. The van der Waals surface area contributed by atoms with E-state index in [1.165, 1.54) is 0 Å². The Morgan fingerprint density at radius 3 is 2.59 bits per heavy atom. The number of hydrogen-bond donors (Lipinski definition) is 2. The molecule has 3 N–H and O–H groups in total. The highest BCUT2D eigenvalue weighted by molar-refractivity contribution is 5.97. The van der Waals surface area contributed by atoms with Crippen LogP contribution in [-0.2, 0) is 0 Å². The number of benzene rings is 2. The number of hydrogen-bond acceptors (Lipinski definition) is 4. The van der Waals surface area contributed by atoms with Gasteiger partial charge in [0.2, 0.25) is 5.43 Å². The Kier molecular flexibility index (Phi) is 5.40. The van der Waals surface area contributed by atoms with Gasteiger partial charge < -0.3 is 20.3 Å². The Balaban J connectivity index is 2.15. The van der Waals surface area contributed by atoms with E-state index < -0.39 is 34.4 Å². The van der Waals surface area contributed by atoms with E-state index in [4.69, 9.17) is 12.2 Å². The number of carboxylic acids is 1. The van der Waals surface area contributed by atoms with Gasteiger partial charge in [0.05, 0.1) is 27.8 Å². The molecule has 164 valence electrons. The summed E-state index contributed by atoms with van der Waals surface area (Å²) in [5.41, 5.74) is 4.02. The molecule has 1 aliphatic rings. The van der Waals surface area contributed by atoms with Crippen LogP contribution in [0.5, 0.6) is 0 Å². The summed E-state index contributed by atoms with van der Waals surface area (Å²) in [6, 6.07) is 3.37. The minimum absolute atomic E-state index is 0.0221. The molecule has 2 aromatic carbocycles. The van der Waals surface area contributed by atoms with Crippen molar-refractivity contribution in [3.05, 3.63) is 69.3 Å². The van der Waals surface area contributed by atoms with Crippen molar-refractivity contribution in [1.82, 2.24) is 4.57 Å². The second kappa shape index (κ2) is 8.05. The highest BCUT2D eigenvalue weighted by Crippen LogP contribution is 2.34. The number of pyridine rings is 1. The molecule has 32 heavy (non-hydrogen) atoms. The molecular formula is C23H18F3N3O3. The number of carbonyl (C=O) groups is 1. The summed E-state index contributed by atoms with van der Waals surface area (Å²) in [6.45, 7) is 0.784. The first-order valence-electron chi connectivity index (χ1n) is 9.80. The molecule has 0 bridgehead atoms. The molecule has 6 nitrogen and oxygen atoms in total. The van der Waals surface area contributed by atoms with Crippen LogP contribution in [0.3, 0.4) is 0 Å². The van der Waals surface area contributed by atoms with E-state index in [9.17, 15) is 23.5 Å². The van der Waals surface area contributed by atoms with Gasteiger partial charge in [-0.3, -0.25) is 4.79 Å². The number of carboxylic acid groups (broad SMARTS) is 1. The van der Waals surface area contributed by atoms with E-state index in [0.717, 1.165) is 35.4 Å². The van der Waals surface area contributed by atoms with Gasteiger partial charge in [-0.1, -0.05) is 5.92 Å². The summed E-state index contributed by atoms with van der Waals surface area (Å²) in [4.78, 5) is 26.2. The monoisotopic (exact) mass is 441 g/mol. The largest absolute Gasteiger partial charge is 0.477 e. The van der Waals surface area contributed by atoms with Gasteiger partial charge in [0.15, 0.2) is 0 Å². The smallest absolute Gasteiger partial charge is 0.341 e. The molecule has 1 fully saturated rings. The first kappa shape index (κ1) is 21.5. The molecule has 9 heteroatoms. The Morgan fingerprint density at radius 2 is 1.97 bits per heavy atom.